The van der Waals surface area contributed by atoms with Gasteiger partial charge in [-0.25, -0.2) is 4.79 Å². The normalized spacial score (nSPS) is 13.6. The van der Waals surface area contributed by atoms with Crippen LogP contribution in [0.4, 0.5) is 4.79 Å². The number of hydrogen-bond donors (Lipinski definition) is 0. The van der Waals surface area contributed by atoms with Gasteiger partial charge in [0.1, 0.15) is 11.3 Å². The maximum Gasteiger partial charge on any atom is 0.410 e. The highest BCUT2D eigenvalue weighted by Crippen LogP contribution is 2.25. The van der Waals surface area contributed by atoms with E-state index in [2.05, 4.69) is 45.8 Å². The maximum absolute atomic E-state index is 12.2. The van der Waals surface area contributed by atoms with Gasteiger partial charge in [-0.05, 0) is 49.7 Å². The van der Waals surface area contributed by atoms with Crippen molar-refractivity contribution in [2.75, 3.05) is 13.7 Å². The predicted molar refractivity (Wildman–Crippen MR) is 104 cm³/mol. The summed E-state index contributed by atoms with van der Waals surface area (Å²) >= 11 is 3.42. The molecule has 1 aromatic heterocycles. The van der Waals surface area contributed by atoms with Crippen LogP contribution in [0.2, 0.25) is 25.7 Å². The summed E-state index contributed by atoms with van der Waals surface area (Å²) in [5.74, 6) is 0. The third-order valence-corrected chi connectivity index (χ3v) is 5.77. The van der Waals surface area contributed by atoms with Gasteiger partial charge in [-0.15, -0.1) is 5.10 Å². The Kier molecular flexibility index (Phi) is 7.64. The van der Waals surface area contributed by atoms with Crippen molar-refractivity contribution in [1.82, 2.24) is 19.9 Å². The Morgan fingerprint density at radius 1 is 1.32 bits per heavy atom. The molecule has 0 radical (unpaired) electrons. The molecule has 0 spiro atoms. The molecule has 144 valence electrons. The number of ether oxygens (including phenoxy) is 2. The van der Waals surface area contributed by atoms with Gasteiger partial charge in [-0.3, -0.25) is 0 Å². The molecule has 0 N–H and O–H groups in total. The molecular formula is C16H31BrN4O3Si. The average molecular weight is 435 g/mol. The van der Waals surface area contributed by atoms with Crippen molar-refractivity contribution in [2.24, 2.45) is 0 Å². The summed E-state index contributed by atoms with van der Waals surface area (Å²) in [6, 6.07) is 0.819. The highest BCUT2D eigenvalue weighted by Gasteiger charge is 2.27. The van der Waals surface area contributed by atoms with Gasteiger partial charge in [0.25, 0.3) is 0 Å². The van der Waals surface area contributed by atoms with Crippen LogP contribution in [-0.2, 0) is 16.2 Å². The third-order valence-electron chi connectivity index (χ3n) is 3.50. The fourth-order valence-electron chi connectivity index (χ4n) is 1.85. The second kappa shape index (κ2) is 8.63. The topological polar surface area (TPSA) is 69.5 Å². The predicted octanol–water partition coefficient (Wildman–Crippen LogP) is 4.28. The Morgan fingerprint density at radius 2 is 1.92 bits per heavy atom. The van der Waals surface area contributed by atoms with Crippen molar-refractivity contribution in [2.45, 2.75) is 71.8 Å². The zero-order valence-electron chi connectivity index (χ0n) is 16.6. The summed E-state index contributed by atoms with van der Waals surface area (Å²) in [6.45, 7) is 15.3. The number of halogens is 1. The molecule has 25 heavy (non-hydrogen) atoms. The summed E-state index contributed by atoms with van der Waals surface area (Å²) in [4.78, 5) is 15.2. The van der Waals surface area contributed by atoms with Gasteiger partial charge in [0.15, 0.2) is 11.3 Å². The minimum Gasteiger partial charge on any atom is -0.444 e. The highest BCUT2D eigenvalue weighted by atomic mass is 79.9. The van der Waals surface area contributed by atoms with Crippen LogP contribution in [0.1, 0.15) is 39.4 Å². The number of aromatic nitrogens is 3. The molecule has 1 heterocycles. The SMILES string of the molecule is CC(c1nn(COCC[Si](C)(C)C)nc1Br)N(C)C(=O)OC(C)(C)C. The van der Waals surface area contributed by atoms with E-state index < -0.39 is 19.8 Å². The van der Waals surface area contributed by atoms with E-state index in [1.807, 2.05) is 27.7 Å². The standard InChI is InChI=1S/C16H31BrN4O3Si/c1-12(20(5)15(22)24-16(2,3)4)13-14(17)19-21(18-13)11-23-9-10-25(6,7)8/h12H,9-11H2,1-8H3. The molecule has 0 bridgehead atoms. The molecule has 0 aliphatic carbocycles. The summed E-state index contributed by atoms with van der Waals surface area (Å²) in [5.41, 5.74) is 0.131. The van der Waals surface area contributed by atoms with Crippen LogP contribution < -0.4 is 0 Å². The molecule has 1 aromatic rings. The van der Waals surface area contributed by atoms with Crippen molar-refractivity contribution in [3.8, 4) is 0 Å². The van der Waals surface area contributed by atoms with E-state index in [9.17, 15) is 4.79 Å². The lowest BCUT2D eigenvalue weighted by Gasteiger charge is -2.27. The average Bonchev–Trinajstić information content (AvgIpc) is 2.80. The molecule has 0 saturated heterocycles. The van der Waals surface area contributed by atoms with Crippen molar-refractivity contribution in [3.05, 3.63) is 10.3 Å². The first-order valence-electron chi connectivity index (χ1n) is 8.44. The minimum atomic E-state index is -1.11. The first-order chi connectivity index (χ1) is 11.3. The van der Waals surface area contributed by atoms with Gasteiger partial charge in [0, 0.05) is 21.7 Å². The molecule has 0 aromatic carbocycles. The van der Waals surface area contributed by atoms with E-state index in [4.69, 9.17) is 9.47 Å². The zero-order valence-corrected chi connectivity index (χ0v) is 19.2. The first kappa shape index (κ1) is 22.1. The molecule has 0 saturated carbocycles. The fourth-order valence-corrected chi connectivity index (χ4v) is 3.20. The van der Waals surface area contributed by atoms with Gasteiger partial charge in [0.05, 0.1) is 6.04 Å². The van der Waals surface area contributed by atoms with Crippen LogP contribution in [0.25, 0.3) is 0 Å². The van der Waals surface area contributed by atoms with Crippen LogP contribution in [0.3, 0.4) is 0 Å². The van der Waals surface area contributed by atoms with Gasteiger partial charge in [-0.1, -0.05) is 19.6 Å². The van der Waals surface area contributed by atoms with E-state index in [1.54, 1.807) is 7.05 Å². The Labute approximate surface area is 160 Å². The third kappa shape index (κ3) is 7.87. The largest absolute Gasteiger partial charge is 0.444 e. The van der Waals surface area contributed by atoms with E-state index >= 15 is 0 Å². The molecule has 0 aliphatic rings. The number of carbonyl (C=O) groups is 1. The molecule has 1 atom stereocenters. The van der Waals surface area contributed by atoms with Crippen LogP contribution >= 0.6 is 15.9 Å². The second-order valence-electron chi connectivity index (χ2n) is 8.36. The molecule has 0 fully saturated rings. The summed E-state index contributed by atoms with van der Waals surface area (Å²) in [5, 5.41) is 8.75. The van der Waals surface area contributed by atoms with E-state index in [1.165, 1.54) is 9.70 Å². The van der Waals surface area contributed by atoms with Gasteiger partial charge in [0.2, 0.25) is 0 Å². The monoisotopic (exact) mass is 434 g/mol. The lowest BCUT2D eigenvalue weighted by atomic mass is 10.2. The van der Waals surface area contributed by atoms with E-state index in [0.717, 1.165) is 6.04 Å². The number of amides is 1. The number of nitrogens with zero attached hydrogens (tertiary/aromatic N) is 4. The minimum absolute atomic E-state index is 0.278. The van der Waals surface area contributed by atoms with E-state index in [0.29, 0.717) is 23.6 Å². The molecule has 7 nitrogen and oxygen atoms in total. The van der Waals surface area contributed by atoms with Gasteiger partial charge >= 0.3 is 6.09 Å². The summed E-state index contributed by atoms with van der Waals surface area (Å²) in [7, 11) is 0.580. The smallest absolute Gasteiger partial charge is 0.410 e. The lowest BCUT2D eigenvalue weighted by Crippen LogP contribution is -2.36. The van der Waals surface area contributed by atoms with Crippen molar-refractivity contribution >= 4 is 30.1 Å². The maximum atomic E-state index is 12.2. The van der Waals surface area contributed by atoms with Crippen LogP contribution in [0.15, 0.2) is 4.60 Å². The van der Waals surface area contributed by atoms with Crippen LogP contribution in [-0.4, -0.2) is 53.3 Å². The fraction of sp³-hybridized carbons (Fsp3) is 0.812. The van der Waals surface area contributed by atoms with Crippen molar-refractivity contribution in [1.29, 1.82) is 0 Å². The summed E-state index contributed by atoms with van der Waals surface area (Å²) in [6.07, 6.45) is -0.396. The Morgan fingerprint density at radius 3 is 2.44 bits per heavy atom. The van der Waals surface area contributed by atoms with Crippen LogP contribution in [0, 0.1) is 0 Å². The molecule has 9 heteroatoms. The number of hydrogen-bond acceptors (Lipinski definition) is 5. The van der Waals surface area contributed by atoms with E-state index in [-0.39, 0.29) is 6.04 Å². The number of carbonyl (C=O) groups excluding carboxylic acids is 1. The molecule has 0 aliphatic heterocycles. The summed E-state index contributed by atoms with van der Waals surface area (Å²) < 4.78 is 11.7. The quantitative estimate of drug-likeness (QED) is 0.472. The second-order valence-corrected chi connectivity index (χ2v) is 14.7. The Balaban J connectivity index is 2.66. The Bertz CT molecular complexity index is 581. The Hall–Kier alpha value is -0.933. The lowest BCUT2D eigenvalue weighted by molar-refractivity contribution is 0.0228. The van der Waals surface area contributed by atoms with Crippen molar-refractivity contribution < 1.29 is 14.3 Å². The zero-order chi connectivity index (χ0) is 19.4. The van der Waals surface area contributed by atoms with Gasteiger partial charge < -0.3 is 14.4 Å². The molecule has 1 rings (SSSR count). The van der Waals surface area contributed by atoms with Crippen molar-refractivity contribution in [3.63, 3.8) is 0 Å². The van der Waals surface area contributed by atoms with Gasteiger partial charge in [-0.2, -0.15) is 9.90 Å². The number of rotatable bonds is 7. The molecule has 1 amide bonds. The highest BCUT2D eigenvalue weighted by molar-refractivity contribution is 9.10. The van der Waals surface area contributed by atoms with Crippen LogP contribution in [0.5, 0.6) is 0 Å². The first-order valence-corrected chi connectivity index (χ1v) is 12.9. The molecule has 1 unspecified atom stereocenters. The molecular weight excluding hydrogens is 404 g/mol.